The lowest BCUT2D eigenvalue weighted by Gasteiger charge is -2.36. The zero-order valence-electron chi connectivity index (χ0n) is 8.33. The Morgan fingerprint density at radius 3 is 1.75 bits per heavy atom. The molecular weight excluding hydrogens is 158 g/mol. The number of rotatable bonds is 6. The molecular formula is C8H19NO3. The summed E-state index contributed by atoms with van der Waals surface area (Å²) in [6.07, 6.45) is 0. The molecule has 0 aromatic rings. The van der Waals surface area contributed by atoms with Crippen molar-refractivity contribution < 1.29 is 14.6 Å². The molecule has 0 rings (SSSR count). The Balaban J connectivity index is 4.28. The van der Waals surface area contributed by atoms with E-state index in [-0.39, 0.29) is 6.61 Å². The van der Waals surface area contributed by atoms with Crippen LogP contribution in [0.25, 0.3) is 0 Å². The number of aliphatic hydroxyl groups is 1. The molecule has 12 heavy (non-hydrogen) atoms. The molecule has 4 heteroatoms. The summed E-state index contributed by atoms with van der Waals surface area (Å²) < 4.78 is 10.1. The SMILES string of the molecule is COCC(CO)(COC)N(C)C. The van der Waals surface area contributed by atoms with Crippen molar-refractivity contribution in [2.75, 3.05) is 48.1 Å². The van der Waals surface area contributed by atoms with Crippen LogP contribution in [-0.4, -0.2) is 63.7 Å². The summed E-state index contributed by atoms with van der Waals surface area (Å²) in [5.41, 5.74) is -0.413. The summed E-state index contributed by atoms with van der Waals surface area (Å²) in [5.74, 6) is 0. The van der Waals surface area contributed by atoms with E-state index in [1.807, 2.05) is 19.0 Å². The summed E-state index contributed by atoms with van der Waals surface area (Å²) in [6.45, 7) is 0.955. The molecule has 0 aliphatic carbocycles. The lowest BCUT2D eigenvalue weighted by Crippen LogP contribution is -2.54. The normalized spacial score (nSPS) is 12.5. The van der Waals surface area contributed by atoms with Gasteiger partial charge >= 0.3 is 0 Å². The summed E-state index contributed by atoms with van der Waals surface area (Å²) in [5, 5.41) is 9.21. The van der Waals surface area contributed by atoms with Crippen molar-refractivity contribution in [3.05, 3.63) is 0 Å². The minimum Gasteiger partial charge on any atom is -0.394 e. The highest BCUT2D eigenvalue weighted by atomic mass is 16.5. The molecule has 74 valence electrons. The highest BCUT2D eigenvalue weighted by Gasteiger charge is 2.31. The molecule has 0 amide bonds. The molecule has 0 saturated carbocycles. The van der Waals surface area contributed by atoms with Gasteiger partial charge in [0.15, 0.2) is 0 Å². The van der Waals surface area contributed by atoms with E-state index in [2.05, 4.69) is 0 Å². The number of hydrogen-bond donors (Lipinski definition) is 1. The van der Waals surface area contributed by atoms with Gasteiger partial charge in [0.2, 0.25) is 0 Å². The fourth-order valence-corrected chi connectivity index (χ4v) is 1.07. The molecule has 0 saturated heterocycles. The largest absolute Gasteiger partial charge is 0.394 e. The average Bonchev–Trinajstić information content (AvgIpc) is 2.03. The van der Waals surface area contributed by atoms with E-state index in [0.29, 0.717) is 13.2 Å². The van der Waals surface area contributed by atoms with Crippen molar-refractivity contribution in [1.82, 2.24) is 4.90 Å². The Hall–Kier alpha value is -0.160. The third kappa shape index (κ3) is 2.71. The van der Waals surface area contributed by atoms with Crippen molar-refractivity contribution in [3.8, 4) is 0 Å². The standard InChI is InChI=1S/C8H19NO3/c1-9(2)8(5-10,6-11-3)7-12-4/h10H,5-7H2,1-4H3. The molecule has 0 aliphatic rings. The smallest absolute Gasteiger partial charge is 0.0906 e. The van der Waals surface area contributed by atoms with Crippen molar-refractivity contribution in [2.24, 2.45) is 0 Å². The lowest BCUT2D eigenvalue weighted by atomic mass is 10.0. The van der Waals surface area contributed by atoms with Gasteiger partial charge in [0.1, 0.15) is 0 Å². The lowest BCUT2D eigenvalue weighted by molar-refractivity contribution is -0.0470. The van der Waals surface area contributed by atoms with Gasteiger partial charge in [-0.1, -0.05) is 0 Å². The molecule has 4 nitrogen and oxygen atoms in total. The summed E-state index contributed by atoms with van der Waals surface area (Å²) in [6, 6.07) is 0. The van der Waals surface area contributed by atoms with Gasteiger partial charge in [-0.3, -0.25) is 4.90 Å². The monoisotopic (exact) mass is 177 g/mol. The zero-order valence-corrected chi connectivity index (χ0v) is 8.33. The van der Waals surface area contributed by atoms with E-state index in [0.717, 1.165) is 0 Å². The Bertz CT molecular complexity index is 111. The van der Waals surface area contributed by atoms with Crippen LogP contribution >= 0.6 is 0 Å². The molecule has 0 atom stereocenters. The van der Waals surface area contributed by atoms with Gasteiger partial charge < -0.3 is 14.6 Å². The van der Waals surface area contributed by atoms with E-state index in [9.17, 15) is 5.11 Å². The first-order chi connectivity index (χ1) is 5.63. The molecule has 0 spiro atoms. The van der Waals surface area contributed by atoms with Crippen LogP contribution in [0.2, 0.25) is 0 Å². The summed E-state index contributed by atoms with van der Waals surface area (Å²) >= 11 is 0. The maximum Gasteiger partial charge on any atom is 0.0906 e. The molecule has 1 N–H and O–H groups in total. The Labute approximate surface area is 74.1 Å². The maximum atomic E-state index is 9.21. The van der Waals surface area contributed by atoms with Crippen molar-refractivity contribution in [3.63, 3.8) is 0 Å². The molecule has 0 radical (unpaired) electrons. The van der Waals surface area contributed by atoms with Crippen molar-refractivity contribution in [2.45, 2.75) is 5.54 Å². The van der Waals surface area contributed by atoms with Crippen LogP contribution in [0.3, 0.4) is 0 Å². The second-order valence-electron chi connectivity index (χ2n) is 3.14. The Morgan fingerprint density at radius 1 is 1.17 bits per heavy atom. The average molecular weight is 177 g/mol. The molecule has 0 fully saturated rings. The predicted molar refractivity (Wildman–Crippen MR) is 47.3 cm³/mol. The minimum atomic E-state index is -0.413. The molecule has 0 aromatic heterocycles. The third-order valence-electron chi connectivity index (χ3n) is 2.07. The minimum absolute atomic E-state index is 0.0294. The Morgan fingerprint density at radius 2 is 1.58 bits per heavy atom. The van der Waals surface area contributed by atoms with Gasteiger partial charge in [0.25, 0.3) is 0 Å². The summed E-state index contributed by atoms with van der Waals surface area (Å²) in [4.78, 5) is 1.92. The first-order valence-corrected chi connectivity index (χ1v) is 3.89. The quantitative estimate of drug-likeness (QED) is 0.598. The van der Waals surface area contributed by atoms with Crippen LogP contribution in [0.15, 0.2) is 0 Å². The number of aliphatic hydroxyl groups excluding tert-OH is 1. The van der Waals surface area contributed by atoms with Crippen LogP contribution in [0.4, 0.5) is 0 Å². The van der Waals surface area contributed by atoms with Crippen LogP contribution in [-0.2, 0) is 9.47 Å². The van der Waals surface area contributed by atoms with E-state index < -0.39 is 5.54 Å². The van der Waals surface area contributed by atoms with Crippen LogP contribution in [0.1, 0.15) is 0 Å². The van der Waals surface area contributed by atoms with E-state index in [4.69, 9.17) is 9.47 Å². The van der Waals surface area contributed by atoms with E-state index in [1.165, 1.54) is 0 Å². The van der Waals surface area contributed by atoms with Gasteiger partial charge in [0, 0.05) is 14.2 Å². The number of hydrogen-bond acceptors (Lipinski definition) is 4. The fraction of sp³-hybridized carbons (Fsp3) is 1.00. The van der Waals surface area contributed by atoms with Crippen LogP contribution in [0.5, 0.6) is 0 Å². The van der Waals surface area contributed by atoms with Crippen molar-refractivity contribution >= 4 is 0 Å². The first-order valence-electron chi connectivity index (χ1n) is 3.89. The predicted octanol–water partition coefficient (Wildman–Crippen LogP) is -0.428. The fourth-order valence-electron chi connectivity index (χ4n) is 1.07. The number of ether oxygens (including phenoxy) is 2. The van der Waals surface area contributed by atoms with Gasteiger partial charge in [0.05, 0.1) is 25.4 Å². The van der Waals surface area contributed by atoms with Gasteiger partial charge in [-0.25, -0.2) is 0 Å². The molecule has 0 aliphatic heterocycles. The maximum absolute atomic E-state index is 9.21. The number of nitrogens with zero attached hydrogens (tertiary/aromatic N) is 1. The molecule has 0 aromatic carbocycles. The van der Waals surface area contributed by atoms with Gasteiger partial charge in [-0.15, -0.1) is 0 Å². The van der Waals surface area contributed by atoms with Gasteiger partial charge in [-0.05, 0) is 14.1 Å². The van der Waals surface area contributed by atoms with E-state index in [1.54, 1.807) is 14.2 Å². The summed E-state index contributed by atoms with van der Waals surface area (Å²) in [7, 11) is 7.02. The zero-order chi connectivity index (χ0) is 9.61. The molecule has 0 unspecified atom stereocenters. The second kappa shape index (κ2) is 5.48. The van der Waals surface area contributed by atoms with Crippen LogP contribution in [0, 0.1) is 0 Å². The van der Waals surface area contributed by atoms with E-state index >= 15 is 0 Å². The first kappa shape index (κ1) is 11.8. The molecule has 0 heterocycles. The number of likely N-dealkylation sites (N-methyl/N-ethyl adjacent to an activating group) is 1. The highest BCUT2D eigenvalue weighted by molar-refractivity contribution is 4.86. The van der Waals surface area contributed by atoms with Crippen molar-refractivity contribution in [1.29, 1.82) is 0 Å². The van der Waals surface area contributed by atoms with Gasteiger partial charge in [-0.2, -0.15) is 0 Å². The third-order valence-corrected chi connectivity index (χ3v) is 2.07. The molecule has 0 bridgehead atoms. The Kier molecular flexibility index (Phi) is 5.41. The topological polar surface area (TPSA) is 41.9 Å². The highest BCUT2D eigenvalue weighted by Crippen LogP contribution is 2.12. The van der Waals surface area contributed by atoms with Crippen LogP contribution < -0.4 is 0 Å². The second-order valence-corrected chi connectivity index (χ2v) is 3.14. The number of methoxy groups -OCH3 is 2.